The Morgan fingerprint density at radius 2 is 0.800 bits per heavy atom. The summed E-state index contributed by atoms with van der Waals surface area (Å²) in [6.07, 6.45) is -1.86. The van der Waals surface area contributed by atoms with Crippen LogP contribution in [0.1, 0.15) is 71.4 Å². The van der Waals surface area contributed by atoms with Crippen molar-refractivity contribution in [1.82, 2.24) is 18.4 Å². The van der Waals surface area contributed by atoms with E-state index in [4.69, 9.17) is 0 Å². The lowest BCUT2D eigenvalue weighted by atomic mass is 9.54. The molecule has 5 aliphatic rings. The molecule has 9 rings (SSSR count). The van der Waals surface area contributed by atoms with Crippen LogP contribution in [-0.2, 0) is 29.6 Å². The SMILES string of the molecule is Cc1ccc(S(=O)(=O)N2[C@@H]3c4ccccc4[C@H]4[C@@H]5c6ccccc6[C@H]6N(C(=O)[C@@H](C)N6S(=O)(=O)c6ccc(C)cc6)[C@@H]5[C@H]4N3C(=O)[C@@H]2C)cc1. The van der Waals surface area contributed by atoms with Crippen molar-refractivity contribution in [3.63, 3.8) is 0 Å². The molecule has 0 radical (unpaired) electrons. The Labute approximate surface area is 292 Å². The first-order chi connectivity index (χ1) is 23.9. The number of hydrogen-bond donors (Lipinski definition) is 0. The van der Waals surface area contributed by atoms with Crippen LogP contribution in [-0.4, -0.2) is 71.2 Å². The Balaban J connectivity index is 1.22. The van der Waals surface area contributed by atoms with Gasteiger partial charge in [0.2, 0.25) is 31.9 Å². The number of aryl methyl sites for hydroxylation is 2. The fraction of sp³-hybridized carbons (Fsp3) is 0.316. The summed E-state index contributed by atoms with van der Waals surface area (Å²) < 4.78 is 60.3. The second kappa shape index (κ2) is 10.6. The molecule has 2 saturated heterocycles. The van der Waals surface area contributed by atoms with Crippen LogP contribution in [0.5, 0.6) is 0 Å². The summed E-state index contributed by atoms with van der Waals surface area (Å²) >= 11 is 0. The van der Waals surface area contributed by atoms with Crippen molar-refractivity contribution in [2.45, 2.75) is 85.8 Å². The fourth-order valence-corrected chi connectivity index (χ4v) is 12.7. The maximum absolute atomic E-state index is 14.5. The minimum atomic E-state index is -4.14. The number of rotatable bonds is 4. The molecule has 0 bridgehead atoms. The number of amides is 2. The lowest BCUT2D eigenvalue weighted by Gasteiger charge is -2.65. The summed E-state index contributed by atoms with van der Waals surface area (Å²) in [5.74, 6) is -1.15. The van der Waals surface area contributed by atoms with Gasteiger partial charge in [0.15, 0.2) is 0 Å². The maximum atomic E-state index is 14.5. The Morgan fingerprint density at radius 1 is 0.480 bits per heavy atom. The van der Waals surface area contributed by atoms with E-state index in [0.717, 1.165) is 33.4 Å². The average Bonchev–Trinajstić information content (AvgIpc) is 3.51. The zero-order valence-corrected chi connectivity index (χ0v) is 29.5. The number of carbonyl (C=O) groups excluding carboxylic acids is 2. The predicted octanol–water partition coefficient (Wildman–Crippen LogP) is 4.79. The van der Waals surface area contributed by atoms with Crippen molar-refractivity contribution in [2.75, 3.05) is 0 Å². The summed E-state index contributed by atoms with van der Waals surface area (Å²) in [4.78, 5) is 32.5. The van der Waals surface area contributed by atoms with E-state index in [1.165, 1.54) is 8.61 Å². The lowest BCUT2D eigenvalue weighted by molar-refractivity contribution is -0.153. The van der Waals surface area contributed by atoms with E-state index >= 15 is 0 Å². The lowest BCUT2D eigenvalue weighted by Crippen LogP contribution is -2.71. The van der Waals surface area contributed by atoms with Crippen LogP contribution in [0.2, 0.25) is 0 Å². The summed E-state index contributed by atoms with van der Waals surface area (Å²) in [6.45, 7) is 7.01. The minimum Gasteiger partial charge on any atom is -0.315 e. The van der Waals surface area contributed by atoms with Crippen molar-refractivity contribution in [3.8, 4) is 0 Å². The smallest absolute Gasteiger partial charge is 0.245 e. The molecule has 4 aromatic rings. The van der Waals surface area contributed by atoms with Crippen molar-refractivity contribution < 1.29 is 26.4 Å². The molecule has 1 saturated carbocycles. The Kier molecular flexibility index (Phi) is 6.69. The van der Waals surface area contributed by atoms with E-state index in [2.05, 4.69) is 0 Å². The van der Waals surface area contributed by atoms with Gasteiger partial charge in [-0.05, 0) is 74.2 Å². The van der Waals surface area contributed by atoms with Crippen LogP contribution in [0.25, 0.3) is 0 Å². The number of fused-ring (bicyclic) bond motifs is 14. The topological polar surface area (TPSA) is 115 Å². The molecule has 2 amide bonds. The molecule has 8 atom stereocenters. The monoisotopic (exact) mass is 708 g/mol. The van der Waals surface area contributed by atoms with Gasteiger partial charge >= 0.3 is 0 Å². The molecule has 0 N–H and O–H groups in total. The summed E-state index contributed by atoms with van der Waals surface area (Å²) in [5.41, 5.74) is 5.18. The van der Waals surface area contributed by atoms with E-state index in [1.807, 2.05) is 62.4 Å². The summed E-state index contributed by atoms with van der Waals surface area (Å²) in [6, 6.07) is 25.4. The normalized spacial score (nSPS) is 30.2. The number of hydrogen-bond acceptors (Lipinski definition) is 6. The largest absolute Gasteiger partial charge is 0.315 e. The minimum absolute atomic E-state index is 0.0999. The van der Waals surface area contributed by atoms with Gasteiger partial charge in [-0.2, -0.15) is 8.61 Å². The van der Waals surface area contributed by atoms with Crippen LogP contribution in [0.4, 0.5) is 0 Å². The zero-order valence-electron chi connectivity index (χ0n) is 27.9. The van der Waals surface area contributed by atoms with Crippen LogP contribution in [0.15, 0.2) is 107 Å². The van der Waals surface area contributed by atoms with Crippen LogP contribution >= 0.6 is 0 Å². The molecule has 4 aromatic carbocycles. The third kappa shape index (κ3) is 3.96. The highest BCUT2D eigenvalue weighted by molar-refractivity contribution is 7.89. The first kappa shape index (κ1) is 31.6. The molecule has 1 aliphatic carbocycles. The second-order valence-corrected chi connectivity index (χ2v) is 17.9. The van der Waals surface area contributed by atoms with Gasteiger partial charge in [0.1, 0.15) is 24.4 Å². The fourth-order valence-electron chi connectivity index (χ4n) is 9.33. The highest BCUT2D eigenvalue weighted by Gasteiger charge is 2.71. The quantitative estimate of drug-likeness (QED) is 0.301. The van der Waals surface area contributed by atoms with E-state index in [1.54, 1.807) is 72.2 Å². The third-order valence-electron chi connectivity index (χ3n) is 11.6. The van der Waals surface area contributed by atoms with E-state index < -0.39 is 56.5 Å². The zero-order chi connectivity index (χ0) is 35.0. The van der Waals surface area contributed by atoms with Gasteiger partial charge < -0.3 is 9.80 Å². The molecule has 4 aliphatic heterocycles. The molecule has 12 heteroatoms. The molecule has 0 aromatic heterocycles. The number of sulfonamides is 2. The van der Waals surface area contributed by atoms with Gasteiger partial charge in [-0.1, -0.05) is 83.9 Å². The van der Waals surface area contributed by atoms with E-state index in [0.29, 0.717) is 0 Å². The van der Waals surface area contributed by atoms with Crippen LogP contribution in [0, 0.1) is 13.8 Å². The van der Waals surface area contributed by atoms with Gasteiger partial charge in [-0.25, -0.2) is 16.8 Å². The van der Waals surface area contributed by atoms with Crippen molar-refractivity contribution in [2.24, 2.45) is 0 Å². The molecule has 256 valence electrons. The van der Waals surface area contributed by atoms with E-state index in [9.17, 15) is 26.4 Å². The molecule has 10 nitrogen and oxygen atoms in total. The predicted molar refractivity (Wildman–Crippen MR) is 184 cm³/mol. The van der Waals surface area contributed by atoms with Gasteiger partial charge in [0.25, 0.3) is 0 Å². The average molecular weight is 709 g/mol. The number of benzene rings is 4. The van der Waals surface area contributed by atoms with Gasteiger partial charge in [-0.15, -0.1) is 0 Å². The van der Waals surface area contributed by atoms with Gasteiger partial charge in [0, 0.05) is 11.8 Å². The highest BCUT2D eigenvalue weighted by atomic mass is 32.2. The number of nitrogens with zero attached hydrogens (tertiary/aromatic N) is 4. The van der Waals surface area contributed by atoms with Crippen molar-refractivity contribution in [1.29, 1.82) is 0 Å². The van der Waals surface area contributed by atoms with Crippen LogP contribution in [0.3, 0.4) is 0 Å². The maximum Gasteiger partial charge on any atom is 0.245 e. The molecule has 4 heterocycles. The molecular formula is C38H36N4O6S2. The molecule has 0 spiro atoms. The van der Waals surface area contributed by atoms with Crippen molar-refractivity contribution >= 4 is 31.9 Å². The standard InChI is InChI=1S/C38H36N4O6S2/c1-21-13-17-25(18-14-21)49(45,46)41-23(3)37(43)39-33-31(27-9-5-7-11-29(27)35(39)41)32-28-10-6-8-12-30(28)36-40(34(32)33)38(44)24(4)42(36)50(47,48)26-19-15-22(2)16-20-26/h5-20,23-24,31-36H,1-4H3/t23-,24+,31-,32-,33-,34-,35+,36-/m0/s1. The summed E-state index contributed by atoms with van der Waals surface area (Å²) in [5, 5.41) is 0. The number of carbonyl (C=O) groups is 2. The molecule has 3 fully saturated rings. The summed E-state index contributed by atoms with van der Waals surface area (Å²) in [7, 11) is -8.28. The first-order valence-corrected chi connectivity index (χ1v) is 19.8. The first-order valence-electron chi connectivity index (χ1n) is 16.9. The second-order valence-electron chi connectivity index (χ2n) is 14.2. The van der Waals surface area contributed by atoms with Crippen LogP contribution < -0.4 is 0 Å². The highest BCUT2D eigenvalue weighted by Crippen LogP contribution is 2.66. The van der Waals surface area contributed by atoms with Gasteiger partial charge in [0.05, 0.1) is 21.9 Å². The molecule has 50 heavy (non-hydrogen) atoms. The molecule has 0 unspecified atom stereocenters. The molecular weight excluding hydrogens is 673 g/mol. The van der Waals surface area contributed by atoms with Gasteiger partial charge in [-0.3, -0.25) is 9.59 Å². The Morgan fingerprint density at radius 3 is 1.14 bits per heavy atom. The Bertz CT molecular complexity index is 2160. The van der Waals surface area contributed by atoms with Crippen molar-refractivity contribution in [3.05, 3.63) is 130 Å². The third-order valence-corrected chi connectivity index (χ3v) is 15.4. The van der Waals surface area contributed by atoms with E-state index in [-0.39, 0.29) is 33.4 Å². The Hall–Kier alpha value is -4.36.